The molecular weight excluding hydrogens is 232 g/mol. The van der Waals surface area contributed by atoms with Crippen LogP contribution in [0.4, 0.5) is 0 Å². The zero-order valence-corrected chi connectivity index (χ0v) is 9.09. The van der Waals surface area contributed by atoms with Crippen molar-refractivity contribution in [2.75, 3.05) is 6.54 Å². The molecule has 0 aromatic carbocycles. The third kappa shape index (κ3) is 3.29. The van der Waals surface area contributed by atoms with Gasteiger partial charge in [-0.1, -0.05) is 5.11 Å². The summed E-state index contributed by atoms with van der Waals surface area (Å²) in [6, 6.07) is -1.12. The van der Waals surface area contributed by atoms with E-state index in [1.54, 1.807) is 0 Å². The minimum atomic E-state index is -1.48. The second-order valence-corrected chi connectivity index (χ2v) is 3.69. The first-order valence-corrected chi connectivity index (χ1v) is 4.95. The predicted octanol–water partition coefficient (Wildman–Crippen LogP) is -1.76. The second kappa shape index (κ2) is 5.80. The van der Waals surface area contributed by atoms with Crippen molar-refractivity contribution in [1.82, 2.24) is 5.32 Å². The van der Waals surface area contributed by atoms with Gasteiger partial charge >= 0.3 is 0 Å². The van der Waals surface area contributed by atoms with Gasteiger partial charge < -0.3 is 25.4 Å². The van der Waals surface area contributed by atoms with Crippen LogP contribution in [0, 0.1) is 0 Å². The Hall–Kier alpha value is -1.38. The quantitative estimate of drug-likeness (QED) is 0.264. The van der Waals surface area contributed by atoms with Crippen LogP contribution in [0.1, 0.15) is 6.92 Å². The van der Waals surface area contributed by atoms with Crippen molar-refractivity contribution >= 4 is 5.91 Å². The molecule has 9 heteroatoms. The molecule has 0 saturated carbocycles. The van der Waals surface area contributed by atoms with Crippen LogP contribution in [-0.2, 0) is 9.53 Å². The Bertz CT molecular complexity index is 332. The molecule has 0 aliphatic carbocycles. The zero-order valence-electron chi connectivity index (χ0n) is 9.09. The number of rotatable bonds is 3. The van der Waals surface area contributed by atoms with Crippen molar-refractivity contribution in [2.24, 2.45) is 5.11 Å². The third-order valence-electron chi connectivity index (χ3n) is 2.41. The Morgan fingerprint density at radius 3 is 2.65 bits per heavy atom. The van der Waals surface area contributed by atoms with Crippen LogP contribution in [0.15, 0.2) is 5.11 Å². The van der Waals surface area contributed by atoms with Crippen LogP contribution in [0.2, 0.25) is 0 Å². The number of azide groups is 1. The van der Waals surface area contributed by atoms with Crippen molar-refractivity contribution in [3.05, 3.63) is 10.4 Å². The lowest BCUT2D eigenvalue weighted by Crippen LogP contribution is -2.63. The average molecular weight is 246 g/mol. The Balaban J connectivity index is 2.71. The van der Waals surface area contributed by atoms with Gasteiger partial charge in [-0.05, 0) is 5.53 Å². The van der Waals surface area contributed by atoms with Gasteiger partial charge in [-0.3, -0.25) is 4.79 Å². The molecule has 17 heavy (non-hydrogen) atoms. The van der Waals surface area contributed by atoms with Crippen LogP contribution in [0.3, 0.4) is 0 Å². The Morgan fingerprint density at radius 2 is 2.12 bits per heavy atom. The first-order valence-electron chi connectivity index (χ1n) is 4.95. The van der Waals surface area contributed by atoms with E-state index < -0.39 is 36.6 Å². The largest absolute Gasteiger partial charge is 0.388 e. The van der Waals surface area contributed by atoms with E-state index >= 15 is 0 Å². The summed E-state index contributed by atoms with van der Waals surface area (Å²) in [5, 5.41) is 34.3. The molecule has 1 amide bonds. The van der Waals surface area contributed by atoms with E-state index in [-0.39, 0.29) is 6.54 Å². The molecule has 9 nitrogen and oxygen atoms in total. The molecule has 1 rings (SSSR count). The lowest BCUT2D eigenvalue weighted by Gasteiger charge is -2.40. The van der Waals surface area contributed by atoms with Gasteiger partial charge in [0.15, 0.2) is 6.29 Å². The molecule has 1 heterocycles. The molecule has 1 unspecified atom stereocenters. The molecule has 5 atom stereocenters. The molecule has 1 aliphatic rings. The fraction of sp³-hybridized carbons (Fsp3) is 0.875. The van der Waals surface area contributed by atoms with Crippen LogP contribution in [-0.4, -0.2) is 58.4 Å². The van der Waals surface area contributed by atoms with Crippen LogP contribution in [0.25, 0.3) is 10.4 Å². The first-order chi connectivity index (χ1) is 7.97. The number of ether oxygens (including phenoxy) is 1. The highest BCUT2D eigenvalue weighted by atomic mass is 16.6. The normalized spacial score (nSPS) is 37.1. The number of amides is 1. The van der Waals surface area contributed by atoms with Crippen molar-refractivity contribution < 1.29 is 24.9 Å². The van der Waals surface area contributed by atoms with E-state index in [1.165, 1.54) is 6.92 Å². The molecule has 0 aromatic heterocycles. The third-order valence-corrected chi connectivity index (χ3v) is 2.41. The van der Waals surface area contributed by atoms with E-state index in [0.717, 1.165) is 0 Å². The van der Waals surface area contributed by atoms with Crippen molar-refractivity contribution in [1.29, 1.82) is 0 Å². The second-order valence-electron chi connectivity index (χ2n) is 3.69. The molecule has 96 valence electrons. The predicted molar refractivity (Wildman–Crippen MR) is 54.5 cm³/mol. The molecule has 0 radical (unpaired) electrons. The lowest BCUT2D eigenvalue weighted by molar-refractivity contribution is -0.244. The summed E-state index contributed by atoms with van der Waals surface area (Å²) in [7, 11) is 0. The summed E-state index contributed by atoms with van der Waals surface area (Å²) >= 11 is 0. The van der Waals surface area contributed by atoms with E-state index in [2.05, 4.69) is 15.3 Å². The van der Waals surface area contributed by atoms with Crippen molar-refractivity contribution in [3.8, 4) is 0 Å². The standard InChI is InChI=1S/C8H14N4O5/c1-3(13)11-5-7(15)6(14)4(2-10-12-9)17-8(5)16/h4-8,14-16H,2H2,1H3,(H,11,13)/t4-,5-,6-,7-,8?/m1/s1. The highest BCUT2D eigenvalue weighted by Gasteiger charge is 2.43. The Labute approximate surface area is 96.6 Å². The summed E-state index contributed by atoms with van der Waals surface area (Å²) in [5.74, 6) is -0.475. The Morgan fingerprint density at radius 1 is 1.47 bits per heavy atom. The topological polar surface area (TPSA) is 148 Å². The summed E-state index contributed by atoms with van der Waals surface area (Å²) in [6.45, 7) is 0.983. The number of nitrogens with zero attached hydrogens (tertiary/aromatic N) is 3. The van der Waals surface area contributed by atoms with Gasteiger partial charge in [-0.25, -0.2) is 0 Å². The maximum atomic E-state index is 10.8. The molecule has 1 saturated heterocycles. The van der Waals surface area contributed by atoms with E-state index in [0.29, 0.717) is 0 Å². The number of hydrogen-bond acceptors (Lipinski definition) is 6. The van der Waals surface area contributed by atoms with Gasteiger partial charge in [0.1, 0.15) is 18.2 Å². The van der Waals surface area contributed by atoms with Crippen LogP contribution >= 0.6 is 0 Å². The van der Waals surface area contributed by atoms with E-state index in [4.69, 9.17) is 10.3 Å². The van der Waals surface area contributed by atoms with Gasteiger partial charge in [0.2, 0.25) is 5.91 Å². The fourth-order valence-corrected chi connectivity index (χ4v) is 1.60. The highest BCUT2D eigenvalue weighted by Crippen LogP contribution is 2.20. The number of aliphatic hydroxyl groups is 3. The number of carbonyl (C=O) groups excluding carboxylic acids is 1. The number of hydrogen-bond donors (Lipinski definition) is 4. The minimum Gasteiger partial charge on any atom is -0.388 e. The zero-order chi connectivity index (χ0) is 13.0. The molecule has 0 aromatic rings. The summed E-state index contributed by atoms with van der Waals surface area (Å²) < 4.78 is 4.95. The summed E-state index contributed by atoms with van der Waals surface area (Å²) in [6.07, 6.45) is -5.25. The molecule has 4 N–H and O–H groups in total. The molecular formula is C8H14N4O5. The summed E-state index contributed by atoms with van der Waals surface area (Å²) in [5.41, 5.74) is 8.13. The average Bonchev–Trinajstić information content (AvgIpc) is 2.27. The maximum absolute atomic E-state index is 10.8. The first kappa shape index (κ1) is 13.7. The van der Waals surface area contributed by atoms with Gasteiger partial charge in [0.05, 0.1) is 12.6 Å². The molecule has 1 fully saturated rings. The maximum Gasteiger partial charge on any atom is 0.217 e. The van der Waals surface area contributed by atoms with Crippen LogP contribution < -0.4 is 5.32 Å². The van der Waals surface area contributed by atoms with Crippen molar-refractivity contribution in [3.63, 3.8) is 0 Å². The highest BCUT2D eigenvalue weighted by molar-refractivity contribution is 5.73. The van der Waals surface area contributed by atoms with Gasteiger partial charge in [0, 0.05) is 11.8 Å². The number of nitrogens with one attached hydrogen (secondary N) is 1. The van der Waals surface area contributed by atoms with E-state index in [9.17, 15) is 20.1 Å². The molecule has 1 aliphatic heterocycles. The number of carbonyl (C=O) groups is 1. The van der Waals surface area contributed by atoms with Gasteiger partial charge in [0.25, 0.3) is 0 Å². The van der Waals surface area contributed by atoms with E-state index in [1.807, 2.05) is 0 Å². The van der Waals surface area contributed by atoms with Crippen molar-refractivity contribution in [2.45, 2.75) is 37.6 Å². The van der Waals surface area contributed by atoms with Crippen LogP contribution in [0.5, 0.6) is 0 Å². The molecule has 0 bridgehead atoms. The minimum absolute atomic E-state index is 0.224. The van der Waals surface area contributed by atoms with Gasteiger partial charge in [-0.15, -0.1) is 0 Å². The number of aliphatic hydroxyl groups excluding tert-OH is 3. The monoisotopic (exact) mass is 246 g/mol. The SMILES string of the molecule is CC(=O)N[C@H]1C(O)O[C@H](CN=[N+]=[N-])[C@@H](O)[C@@H]1O. The molecule has 0 spiro atoms. The Kier molecular flexibility index (Phi) is 4.67. The lowest BCUT2D eigenvalue weighted by atomic mass is 9.97. The van der Waals surface area contributed by atoms with Gasteiger partial charge in [-0.2, -0.15) is 0 Å². The summed E-state index contributed by atoms with van der Waals surface area (Å²) in [4.78, 5) is 13.3. The smallest absolute Gasteiger partial charge is 0.217 e. The fourth-order valence-electron chi connectivity index (χ4n) is 1.60.